The molecule has 38 heavy (non-hydrogen) atoms. The van der Waals surface area contributed by atoms with Crippen molar-refractivity contribution in [1.82, 2.24) is 0 Å². The van der Waals surface area contributed by atoms with Gasteiger partial charge in [-0.25, -0.2) is 0 Å². The second-order valence-corrected chi connectivity index (χ2v) is 9.96. The maximum absolute atomic E-state index is 8.85. The molecule has 0 spiro atoms. The molecule has 2 aromatic rings. The molecule has 0 aliphatic carbocycles. The van der Waals surface area contributed by atoms with Crippen LogP contribution in [0.1, 0.15) is 95.1 Å². The van der Waals surface area contributed by atoms with Crippen LogP contribution in [0.5, 0.6) is 11.5 Å². The summed E-state index contributed by atoms with van der Waals surface area (Å²) in [5, 5.41) is 17.7. The molecule has 0 N–H and O–H groups in total. The van der Waals surface area contributed by atoms with Crippen LogP contribution >= 0.6 is 0 Å². The van der Waals surface area contributed by atoms with Crippen LogP contribution in [0.15, 0.2) is 48.5 Å². The smallest absolute Gasteiger partial charge is 0.125 e. The summed E-state index contributed by atoms with van der Waals surface area (Å²) in [6.07, 6.45) is 16.4. The number of nitriles is 2. The van der Waals surface area contributed by atoms with E-state index in [1.54, 1.807) is 0 Å². The number of hydrogen-bond donors (Lipinski definition) is 0. The summed E-state index contributed by atoms with van der Waals surface area (Å²) in [4.78, 5) is 0. The van der Waals surface area contributed by atoms with Gasteiger partial charge >= 0.3 is 0 Å². The second kappa shape index (κ2) is 21.0. The standard InChI is InChI=1S/C33H46N2O3/c1-2-3-4-5-6-7-8-9-10-11-12-13-26-36-33(27-37-31-18-14-29(15-19-31)22-24-34)28-38-32-20-16-30(17-21-32)23-25-35/h14-21,33H,2-13,22-23,26-28H2,1H3. The van der Waals surface area contributed by atoms with Crippen molar-refractivity contribution in [2.45, 2.75) is 103 Å². The molecule has 5 nitrogen and oxygen atoms in total. The predicted octanol–water partition coefficient (Wildman–Crippen LogP) is 8.36. The van der Waals surface area contributed by atoms with Crippen LogP contribution in [-0.2, 0) is 17.6 Å². The molecule has 0 heterocycles. The lowest BCUT2D eigenvalue weighted by atomic mass is 10.1. The molecule has 5 heteroatoms. The van der Waals surface area contributed by atoms with Gasteiger partial charge in [-0.15, -0.1) is 0 Å². The number of nitrogens with zero attached hydrogens (tertiary/aromatic N) is 2. The summed E-state index contributed by atoms with van der Waals surface area (Å²) in [6.45, 7) is 3.74. The number of ether oxygens (including phenoxy) is 3. The minimum absolute atomic E-state index is 0.194. The van der Waals surface area contributed by atoms with Gasteiger partial charge in [-0.05, 0) is 41.8 Å². The Morgan fingerprint density at radius 3 is 1.37 bits per heavy atom. The quantitative estimate of drug-likeness (QED) is 0.146. The molecule has 0 aromatic heterocycles. The summed E-state index contributed by atoms with van der Waals surface area (Å²) in [5.41, 5.74) is 1.95. The van der Waals surface area contributed by atoms with E-state index in [4.69, 9.17) is 24.7 Å². The SMILES string of the molecule is CCCCCCCCCCCCCCOC(COc1ccc(CC#N)cc1)COc1ccc(CC#N)cc1. The normalized spacial score (nSPS) is 10.7. The van der Waals surface area contributed by atoms with E-state index in [-0.39, 0.29) is 6.10 Å². The Labute approximate surface area is 230 Å². The molecule has 0 radical (unpaired) electrons. The lowest BCUT2D eigenvalue weighted by Gasteiger charge is -2.19. The van der Waals surface area contributed by atoms with E-state index < -0.39 is 0 Å². The molecular weight excluding hydrogens is 472 g/mol. The number of hydrogen-bond acceptors (Lipinski definition) is 5. The maximum atomic E-state index is 8.85. The molecule has 0 fully saturated rings. The molecule has 0 saturated heterocycles. The maximum Gasteiger partial charge on any atom is 0.125 e. The second-order valence-electron chi connectivity index (χ2n) is 9.96. The Hall–Kier alpha value is -3.02. The van der Waals surface area contributed by atoms with E-state index in [0.29, 0.717) is 32.7 Å². The number of benzene rings is 2. The zero-order chi connectivity index (χ0) is 27.1. The highest BCUT2D eigenvalue weighted by molar-refractivity contribution is 5.29. The van der Waals surface area contributed by atoms with E-state index in [1.165, 1.54) is 70.6 Å². The Morgan fingerprint density at radius 2 is 0.974 bits per heavy atom. The minimum Gasteiger partial charge on any atom is -0.491 e. The first-order valence-electron chi connectivity index (χ1n) is 14.5. The molecule has 0 aliphatic heterocycles. The van der Waals surface area contributed by atoms with E-state index in [2.05, 4.69) is 19.1 Å². The van der Waals surface area contributed by atoms with Gasteiger partial charge in [0.05, 0.1) is 25.0 Å². The fourth-order valence-corrected chi connectivity index (χ4v) is 4.31. The first kappa shape index (κ1) is 31.2. The van der Waals surface area contributed by atoms with Crippen LogP contribution in [0.25, 0.3) is 0 Å². The molecule has 206 valence electrons. The van der Waals surface area contributed by atoms with Crippen LogP contribution in [0.3, 0.4) is 0 Å². The summed E-state index contributed by atoms with van der Waals surface area (Å²) in [7, 11) is 0. The highest BCUT2D eigenvalue weighted by Crippen LogP contribution is 2.16. The van der Waals surface area contributed by atoms with Gasteiger partial charge in [0, 0.05) is 6.61 Å². The molecule has 2 rings (SSSR count). The molecule has 0 aliphatic rings. The average molecular weight is 519 g/mol. The van der Waals surface area contributed by atoms with Crippen molar-refractivity contribution in [1.29, 1.82) is 10.5 Å². The van der Waals surface area contributed by atoms with Crippen molar-refractivity contribution < 1.29 is 14.2 Å². The summed E-state index contributed by atoms with van der Waals surface area (Å²) >= 11 is 0. The fourth-order valence-electron chi connectivity index (χ4n) is 4.31. The van der Waals surface area contributed by atoms with Gasteiger partial charge in [0.1, 0.15) is 30.8 Å². The Bertz CT molecular complexity index is 865. The van der Waals surface area contributed by atoms with Gasteiger partial charge in [-0.2, -0.15) is 10.5 Å². The predicted molar refractivity (Wildman–Crippen MR) is 153 cm³/mol. The van der Waals surface area contributed by atoms with Crippen molar-refractivity contribution >= 4 is 0 Å². The van der Waals surface area contributed by atoms with E-state index in [0.717, 1.165) is 29.0 Å². The molecule has 0 bridgehead atoms. The Morgan fingerprint density at radius 1 is 0.579 bits per heavy atom. The third-order valence-electron chi connectivity index (χ3n) is 6.64. The lowest BCUT2D eigenvalue weighted by Crippen LogP contribution is -2.29. The zero-order valence-corrected chi connectivity index (χ0v) is 23.3. The first-order valence-corrected chi connectivity index (χ1v) is 14.5. The van der Waals surface area contributed by atoms with Crippen molar-refractivity contribution in [3.63, 3.8) is 0 Å². The largest absolute Gasteiger partial charge is 0.491 e. The summed E-state index contributed by atoms with van der Waals surface area (Å²) in [5.74, 6) is 1.51. The monoisotopic (exact) mass is 518 g/mol. The minimum atomic E-state index is -0.194. The summed E-state index contributed by atoms with van der Waals surface area (Å²) < 4.78 is 18.1. The van der Waals surface area contributed by atoms with Crippen molar-refractivity contribution in [3.05, 3.63) is 59.7 Å². The van der Waals surface area contributed by atoms with Gasteiger partial charge < -0.3 is 14.2 Å². The zero-order valence-electron chi connectivity index (χ0n) is 23.3. The van der Waals surface area contributed by atoms with Crippen LogP contribution < -0.4 is 9.47 Å². The molecule has 0 atom stereocenters. The summed E-state index contributed by atoms with van der Waals surface area (Å²) in [6, 6.07) is 19.6. The first-order chi connectivity index (χ1) is 18.7. The highest BCUT2D eigenvalue weighted by atomic mass is 16.6. The van der Waals surface area contributed by atoms with Gasteiger partial charge in [0.15, 0.2) is 0 Å². The van der Waals surface area contributed by atoms with Gasteiger partial charge in [-0.3, -0.25) is 0 Å². The van der Waals surface area contributed by atoms with Crippen molar-refractivity contribution in [2.24, 2.45) is 0 Å². The van der Waals surface area contributed by atoms with Crippen LogP contribution in [0.2, 0.25) is 0 Å². The molecule has 0 saturated carbocycles. The van der Waals surface area contributed by atoms with Crippen molar-refractivity contribution in [3.8, 4) is 23.6 Å². The van der Waals surface area contributed by atoms with E-state index in [1.807, 2.05) is 48.5 Å². The lowest BCUT2D eigenvalue weighted by molar-refractivity contribution is -0.00880. The average Bonchev–Trinajstić information content (AvgIpc) is 2.94. The third-order valence-corrected chi connectivity index (χ3v) is 6.64. The number of rotatable bonds is 22. The topological polar surface area (TPSA) is 75.3 Å². The molecule has 0 unspecified atom stereocenters. The van der Waals surface area contributed by atoms with Crippen LogP contribution in [0, 0.1) is 22.7 Å². The fraction of sp³-hybridized carbons (Fsp3) is 0.576. The van der Waals surface area contributed by atoms with Crippen LogP contribution in [-0.4, -0.2) is 25.9 Å². The van der Waals surface area contributed by atoms with Crippen LogP contribution in [0.4, 0.5) is 0 Å². The third kappa shape index (κ3) is 14.7. The molecule has 0 amide bonds. The van der Waals surface area contributed by atoms with E-state index in [9.17, 15) is 0 Å². The Balaban J connectivity index is 1.69. The van der Waals surface area contributed by atoms with Crippen molar-refractivity contribution in [2.75, 3.05) is 19.8 Å². The number of unbranched alkanes of at least 4 members (excludes halogenated alkanes) is 11. The van der Waals surface area contributed by atoms with Gasteiger partial charge in [-0.1, -0.05) is 102 Å². The van der Waals surface area contributed by atoms with E-state index >= 15 is 0 Å². The Kier molecular flexibility index (Phi) is 17.2. The van der Waals surface area contributed by atoms with Gasteiger partial charge in [0.25, 0.3) is 0 Å². The van der Waals surface area contributed by atoms with Gasteiger partial charge in [0.2, 0.25) is 0 Å². The molecular formula is C33H46N2O3. The molecule has 2 aromatic carbocycles. The highest BCUT2D eigenvalue weighted by Gasteiger charge is 2.12.